The molecule has 0 amide bonds. The van der Waals surface area contributed by atoms with Crippen LogP contribution in [0.1, 0.15) is 87.5 Å². The van der Waals surface area contributed by atoms with Gasteiger partial charge in [-0.2, -0.15) is 0 Å². The van der Waals surface area contributed by atoms with E-state index in [9.17, 15) is 30.6 Å². The topological polar surface area (TPSA) is 214 Å². The maximum atomic E-state index is 9.59. The molecule has 0 saturated heterocycles. The van der Waals surface area contributed by atoms with Crippen LogP contribution >= 0.6 is 0 Å². The molecule has 11 N–H and O–H groups in total. The average molecular weight is 588 g/mol. The van der Waals surface area contributed by atoms with Crippen molar-refractivity contribution in [2.45, 2.75) is 136 Å². The third kappa shape index (κ3) is 24.2. The van der Waals surface area contributed by atoms with Crippen LogP contribution in [0, 0.1) is 23.7 Å². The number of aliphatic hydroxyl groups excluding tert-OH is 10. The first kappa shape index (κ1) is 44.0. The van der Waals surface area contributed by atoms with Crippen LogP contribution in [0.3, 0.4) is 0 Å². The van der Waals surface area contributed by atoms with E-state index in [2.05, 4.69) is 60.7 Å². The second-order valence-corrected chi connectivity index (χ2v) is 12.1. The van der Waals surface area contributed by atoms with E-state index in [4.69, 9.17) is 20.4 Å². The SMILES string of the molecule is CC(C)CCC(C)C.CCC(C)CCC(C)C.OCC(O)C(O)C(O)C(O)CNCC(O)C(O)C(O)C(O)CO. The fraction of sp³-hybridized carbons (Fsp3) is 1.00. The minimum atomic E-state index is -1.78. The molecule has 0 aliphatic carbocycles. The van der Waals surface area contributed by atoms with Crippen LogP contribution in [0.4, 0.5) is 0 Å². The van der Waals surface area contributed by atoms with Crippen molar-refractivity contribution in [2.75, 3.05) is 26.3 Å². The van der Waals surface area contributed by atoms with Gasteiger partial charge in [-0.15, -0.1) is 0 Å². The lowest BCUT2D eigenvalue weighted by atomic mass is 9.98. The Morgan fingerprint density at radius 3 is 0.975 bits per heavy atom. The largest absolute Gasteiger partial charge is 0.394 e. The van der Waals surface area contributed by atoms with Crippen LogP contribution in [0.15, 0.2) is 0 Å². The highest BCUT2D eigenvalue weighted by Crippen LogP contribution is 2.13. The van der Waals surface area contributed by atoms with E-state index in [-0.39, 0.29) is 13.1 Å². The average Bonchev–Trinajstić information content (AvgIpc) is 2.92. The number of rotatable bonds is 19. The summed E-state index contributed by atoms with van der Waals surface area (Å²) in [5.74, 6) is 3.60. The predicted octanol–water partition coefficient (Wildman–Crippen LogP) is -0.00490. The first-order chi connectivity index (χ1) is 18.5. The fourth-order valence-corrected chi connectivity index (χ4v) is 3.24. The van der Waals surface area contributed by atoms with Gasteiger partial charge in [-0.3, -0.25) is 0 Å². The van der Waals surface area contributed by atoms with Crippen molar-refractivity contribution < 1.29 is 51.1 Å². The molecule has 11 heteroatoms. The van der Waals surface area contributed by atoms with Gasteiger partial charge in [0.05, 0.1) is 25.4 Å². The zero-order valence-corrected chi connectivity index (χ0v) is 26.3. The summed E-state index contributed by atoms with van der Waals surface area (Å²) < 4.78 is 0. The van der Waals surface area contributed by atoms with E-state index in [1.807, 2.05) is 0 Å². The van der Waals surface area contributed by atoms with Gasteiger partial charge in [0.1, 0.15) is 36.6 Å². The molecule has 0 aromatic heterocycles. The van der Waals surface area contributed by atoms with Crippen molar-refractivity contribution >= 4 is 0 Å². The smallest absolute Gasteiger partial charge is 0.111 e. The fourth-order valence-electron chi connectivity index (χ4n) is 3.24. The van der Waals surface area contributed by atoms with Gasteiger partial charge in [0.15, 0.2) is 0 Å². The monoisotopic (exact) mass is 587 g/mol. The summed E-state index contributed by atoms with van der Waals surface area (Å²) in [5, 5.41) is 95.0. The maximum Gasteiger partial charge on any atom is 0.111 e. The molecule has 0 aliphatic rings. The molecule has 0 aliphatic heterocycles. The zero-order chi connectivity index (χ0) is 32.0. The van der Waals surface area contributed by atoms with Crippen LogP contribution < -0.4 is 5.32 Å². The van der Waals surface area contributed by atoms with Gasteiger partial charge in [-0.05, 0) is 23.7 Å². The van der Waals surface area contributed by atoms with Crippen molar-refractivity contribution in [2.24, 2.45) is 23.7 Å². The minimum absolute atomic E-state index is 0.348. The Balaban J connectivity index is -0.000000655. The van der Waals surface area contributed by atoms with E-state index in [0.29, 0.717) is 0 Å². The van der Waals surface area contributed by atoms with Crippen LogP contribution in [0.2, 0.25) is 0 Å². The molecule has 9 unspecified atom stereocenters. The Morgan fingerprint density at radius 1 is 0.450 bits per heavy atom. The molecule has 0 fully saturated rings. The highest BCUT2D eigenvalue weighted by atomic mass is 16.4. The van der Waals surface area contributed by atoms with E-state index >= 15 is 0 Å². The molecular formula is C29H65NO10. The van der Waals surface area contributed by atoms with Gasteiger partial charge in [0.25, 0.3) is 0 Å². The van der Waals surface area contributed by atoms with E-state index < -0.39 is 62.0 Å². The van der Waals surface area contributed by atoms with Crippen LogP contribution in [-0.2, 0) is 0 Å². The Bertz CT molecular complexity index is 505. The Hall–Kier alpha value is -0.440. The normalized spacial score (nSPS) is 18.5. The molecule has 11 nitrogen and oxygen atoms in total. The lowest BCUT2D eigenvalue weighted by Crippen LogP contribution is -2.52. The van der Waals surface area contributed by atoms with Gasteiger partial charge in [-0.1, -0.05) is 87.5 Å². The third-order valence-corrected chi connectivity index (χ3v) is 6.61. The summed E-state index contributed by atoms with van der Waals surface area (Å²) >= 11 is 0. The summed E-state index contributed by atoms with van der Waals surface area (Å²) in [6.45, 7) is 16.0. The standard InChI is InChI=1S/C12H27NO10.C9H20.C8H18/c14-3-7(18)11(22)9(20)5(16)1-13-2-6(17)10(21)12(23)8(19)4-15;1-5-9(4)7-6-8(2)3;1-7(2)5-6-8(3)4/h5-23H,1-4H2;8-9H,5-7H2,1-4H3;7-8H,5-6H2,1-4H3. The van der Waals surface area contributed by atoms with Crippen LogP contribution in [0.5, 0.6) is 0 Å². The number of nitrogens with one attached hydrogen (secondary N) is 1. The van der Waals surface area contributed by atoms with Crippen molar-refractivity contribution in [1.82, 2.24) is 5.32 Å². The van der Waals surface area contributed by atoms with Gasteiger partial charge in [0.2, 0.25) is 0 Å². The van der Waals surface area contributed by atoms with E-state index in [1.54, 1.807) is 0 Å². The molecule has 0 bridgehead atoms. The number of hydrogen-bond donors (Lipinski definition) is 11. The quantitative estimate of drug-likeness (QED) is 0.0967. The molecule has 40 heavy (non-hydrogen) atoms. The van der Waals surface area contributed by atoms with Crippen molar-refractivity contribution in [3.05, 3.63) is 0 Å². The molecule has 0 radical (unpaired) electrons. The summed E-state index contributed by atoms with van der Waals surface area (Å²) in [5.41, 5.74) is 0. The zero-order valence-electron chi connectivity index (χ0n) is 26.3. The Morgan fingerprint density at radius 2 is 0.725 bits per heavy atom. The summed E-state index contributed by atoms with van der Waals surface area (Å²) in [7, 11) is 0. The second-order valence-electron chi connectivity index (χ2n) is 12.1. The molecule has 0 spiro atoms. The predicted molar refractivity (Wildman–Crippen MR) is 158 cm³/mol. The van der Waals surface area contributed by atoms with Crippen molar-refractivity contribution in [1.29, 1.82) is 0 Å². The highest BCUT2D eigenvalue weighted by Gasteiger charge is 2.32. The molecule has 246 valence electrons. The molecule has 0 aromatic rings. The lowest BCUT2D eigenvalue weighted by Gasteiger charge is -2.28. The van der Waals surface area contributed by atoms with Gasteiger partial charge >= 0.3 is 0 Å². The molecular weight excluding hydrogens is 522 g/mol. The van der Waals surface area contributed by atoms with Crippen LogP contribution in [0.25, 0.3) is 0 Å². The summed E-state index contributed by atoms with van der Waals surface area (Å²) in [6, 6.07) is 0. The van der Waals surface area contributed by atoms with Gasteiger partial charge in [0, 0.05) is 13.1 Å². The first-order valence-electron chi connectivity index (χ1n) is 14.8. The second kappa shape index (κ2) is 26.2. The minimum Gasteiger partial charge on any atom is -0.394 e. The third-order valence-electron chi connectivity index (χ3n) is 6.61. The summed E-state index contributed by atoms with van der Waals surface area (Å²) in [6.07, 6.45) is -6.56. The molecule has 0 saturated carbocycles. The number of hydrogen-bond acceptors (Lipinski definition) is 11. The van der Waals surface area contributed by atoms with Gasteiger partial charge < -0.3 is 56.4 Å². The number of aliphatic hydroxyl groups is 10. The molecule has 0 aromatic carbocycles. The van der Waals surface area contributed by atoms with E-state index in [1.165, 1.54) is 32.1 Å². The van der Waals surface area contributed by atoms with E-state index in [0.717, 1.165) is 23.7 Å². The lowest BCUT2D eigenvalue weighted by molar-refractivity contribution is -0.119. The van der Waals surface area contributed by atoms with Crippen molar-refractivity contribution in [3.63, 3.8) is 0 Å². The maximum absolute atomic E-state index is 9.59. The molecule has 0 heterocycles. The van der Waals surface area contributed by atoms with Gasteiger partial charge in [-0.25, -0.2) is 0 Å². The molecule has 9 atom stereocenters. The van der Waals surface area contributed by atoms with Crippen molar-refractivity contribution in [3.8, 4) is 0 Å². The summed E-state index contributed by atoms with van der Waals surface area (Å²) in [4.78, 5) is 0. The first-order valence-corrected chi connectivity index (χ1v) is 14.8. The Kier molecular flexibility index (Phi) is 28.8. The van der Waals surface area contributed by atoms with Crippen LogP contribution in [-0.4, -0.2) is 126 Å². The molecule has 0 rings (SSSR count). The highest BCUT2D eigenvalue weighted by molar-refractivity contribution is 4.84. The Labute approximate surface area is 242 Å².